The van der Waals surface area contributed by atoms with Gasteiger partial charge >= 0.3 is 0 Å². The monoisotopic (exact) mass is 349 g/mol. The van der Waals surface area contributed by atoms with Gasteiger partial charge in [-0.05, 0) is 40.2 Å². The molecule has 0 atom stereocenters. The van der Waals surface area contributed by atoms with Gasteiger partial charge in [-0.25, -0.2) is 13.6 Å². The molecule has 1 aromatic carbocycles. The van der Waals surface area contributed by atoms with Gasteiger partial charge in [0.1, 0.15) is 4.21 Å². The third-order valence-electron chi connectivity index (χ3n) is 1.88. The van der Waals surface area contributed by atoms with Gasteiger partial charge in [-0.2, -0.15) is 0 Å². The lowest BCUT2D eigenvalue weighted by molar-refractivity contribution is 0.600. The van der Waals surface area contributed by atoms with Crippen molar-refractivity contribution in [3.63, 3.8) is 0 Å². The van der Waals surface area contributed by atoms with E-state index in [0.717, 1.165) is 13.6 Å². The summed E-state index contributed by atoms with van der Waals surface area (Å²) in [6, 6.07) is 11.1. The zero-order valence-electron chi connectivity index (χ0n) is 8.46. The van der Waals surface area contributed by atoms with Gasteiger partial charge in [0.15, 0.2) is 0 Å². The van der Waals surface area contributed by atoms with Gasteiger partial charge in [0.2, 0.25) is 10.0 Å². The average Bonchev–Trinajstić information content (AvgIpc) is 2.69. The molecule has 3 nitrogen and oxygen atoms in total. The van der Waals surface area contributed by atoms with E-state index in [9.17, 15) is 8.42 Å². The first-order valence-corrected chi connectivity index (χ1v) is 8.49. The van der Waals surface area contributed by atoms with E-state index in [0.29, 0.717) is 0 Å². The second-order valence-corrected chi connectivity index (χ2v) is 8.22. The summed E-state index contributed by atoms with van der Waals surface area (Å²) in [6.07, 6.45) is 0. The summed E-state index contributed by atoms with van der Waals surface area (Å²) in [7, 11) is -3.59. The molecule has 0 aliphatic heterocycles. The van der Waals surface area contributed by atoms with Crippen molar-refractivity contribution in [2.75, 3.05) is 0 Å². The molecule has 0 saturated carbocycles. The molecule has 0 aliphatic carbocycles. The Hall–Kier alpha value is -0.340. The van der Waals surface area contributed by atoms with Crippen LogP contribution in [0.2, 0.25) is 0 Å². The highest BCUT2D eigenvalue weighted by Gasteiger charge is 2.12. The molecule has 0 saturated heterocycles. The number of primary sulfonamides is 1. The first-order chi connectivity index (χ1) is 7.97. The fraction of sp³-hybridized carbons (Fsp3) is 0. The number of nitrogens with two attached hydrogens (primary N) is 1. The molecular weight excluding hydrogens is 342 g/mol. The summed E-state index contributed by atoms with van der Waals surface area (Å²) in [6.45, 7) is 0. The van der Waals surface area contributed by atoms with Crippen LogP contribution >= 0.6 is 39.0 Å². The van der Waals surface area contributed by atoms with Crippen LogP contribution in [0.4, 0.5) is 0 Å². The van der Waals surface area contributed by atoms with Crippen LogP contribution in [0.5, 0.6) is 0 Å². The molecule has 0 aliphatic rings. The van der Waals surface area contributed by atoms with Crippen molar-refractivity contribution in [1.82, 2.24) is 0 Å². The minimum absolute atomic E-state index is 0.187. The SMILES string of the molecule is NS(=O)(=O)c1ccc(Sc2ccccc2Br)s1. The molecule has 1 heterocycles. The van der Waals surface area contributed by atoms with Crippen LogP contribution in [0.3, 0.4) is 0 Å². The second kappa shape index (κ2) is 5.11. The van der Waals surface area contributed by atoms with Crippen molar-refractivity contribution in [3.8, 4) is 0 Å². The van der Waals surface area contributed by atoms with Crippen LogP contribution in [0.25, 0.3) is 0 Å². The Bertz CT molecular complexity index is 637. The van der Waals surface area contributed by atoms with E-state index in [-0.39, 0.29) is 4.21 Å². The summed E-state index contributed by atoms with van der Waals surface area (Å²) in [4.78, 5) is 1.04. The number of halogens is 1. The summed E-state index contributed by atoms with van der Waals surface area (Å²) in [5.74, 6) is 0. The maximum absolute atomic E-state index is 11.1. The normalized spacial score (nSPS) is 11.6. The van der Waals surface area contributed by atoms with E-state index in [1.807, 2.05) is 24.3 Å². The zero-order chi connectivity index (χ0) is 12.5. The lowest BCUT2D eigenvalue weighted by Crippen LogP contribution is -2.09. The molecule has 0 unspecified atom stereocenters. The third-order valence-corrected chi connectivity index (χ3v) is 6.57. The van der Waals surface area contributed by atoms with E-state index in [2.05, 4.69) is 15.9 Å². The van der Waals surface area contributed by atoms with Gasteiger partial charge in [0, 0.05) is 9.37 Å². The maximum atomic E-state index is 11.1. The number of hydrogen-bond donors (Lipinski definition) is 1. The Morgan fingerprint density at radius 3 is 2.47 bits per heavy atom. The number of thiophene rings is 1. The van der Waals surface area contributed by atoms with Gasteiger partial charge in [0.05, 0.1) is 4.21 Å². The molecule has 1 aromatic heterocycles. The van der Waals surface area contributed by atoms with Gasteiger partial charge in [-0.1, -0.05) is 23.9 Å². The average molecular weight is 350 g/mol. The van der Waals surface area contributed by atoms with Crippen LogP contribution in [0, 0.1) is 0 Å². The Morgan fingerprint density at radius 2 is 1.88 bits per heavy atom. The number of benzene rings is 1. The molecule has 7 heteroatoms. The molecule has 90 valence electrons. The summed E-state index contributed by atoms with van der Waals surface area (Å²) < 4.78 is 24.3. The second-order valence-electron chi connectivity index (χ2n) is 3.15. The van der Waals surface area contributed by atoms with Crippen molar-refractivity contribution in [2.45, 2.75) is 13.3 Å². The van der Waals surface area contributed by atoms with Gasteiger partial charge < -0.3 is 0 Å². The maximum Gasteiger partial charge on any atom is 0.247 e. The summed E-state index contributed by atoms with van der Waals surface area (Å²) >= 11 is 6.12. The molecule has 0 bridgehead atoms. The lowest BCUT2D eigenvalue weighted by Gasteiger charge is -2.00. The van der Waals surface area contributed by atoms with Gasteiger partial charge in [0.25, 0.3) is 0 Å². The fourth-order valence-electron chi connectivity index (χ4n) is 1.15. The number of hydrogen-bond acceptors (Lipinski definition) is 4. The first kappa shape index (κ1) is 13.1. The highest BCUT2D eigenvalue weighted by Crippen LogP contribution is 2.37. The largest absolute Gasteiger partial charge is 0.247 e. The Morgan fingerprint density at radius 1 is 1.18 bits per heavy atom. The molecule has 0 spiro atoms. The molecule has 2 rings (SSSR count). The van der Waals surface area contributed by atoms with Crippen LogP contribution in [-0.2, 0) is 10.0 Å². The van der Waals surface area contributed by atoms with E-state index in [4.69, 9.17) is 5.14 Å². The van der Waals surface area contributed by atoms with E-state index >= 15 is 0 Å². The first-order valence-electron chi connectivity index (χ1n) is 4.52. The molecule has 0 radical (unpaired) electrons. The highest BCUT2D eigenvalue weighted by atomic mass is 79.9. The van der Waals surface area contributed by atoms with Crippen LogP contribution in [0.15, 0.2) is 54.2 Å². The Balaban J connectivity index is 2.26. The Kier molecular flexibility index (Phi) is 3.94. The molecule has 0 amide bonds. The smallest absolute Gasteiger partial charge is 0.224 e. The predicted molar refractivity (Wildman–Crippen MR) is 74.0 cm³/mol. The molecule has 0 fully saturated rings. The zero-order valence-corrected chi connectivity index (χ0v) is 12.5. The van der Waals surface area contributed by atoms with Gasteiger partial charge in [-0.15, -0.1) is 11.3 Å². The third kappa shape index (κ3) is 3.32. The lowest BCUT2D eigenvalue weighted by atomic mass is 10.4. The predicted octanol–water partition coefficient (Wildman–Crippen LogP) is 3.31. The standard InChI is InChI=1S/C10H8BrNO2S3/c11-7-3-1-2-4-8(7)15-9-5-6-10(16-9)17(12,13)14/h1-6H,(H2,12,13,14). The van der Waals surface area contributed by atoms with Crippen molar-refractivity contribution in [2.24, 2.45) is 5.14 Å². The van der Waals surface area contributed by atoms with Crippen LogP contribution in [0.1, 0.15) is 0 Å². The Labute approximate surface area is 116 Å². The minimum Gasteiger partial charge on any atom is -0.224 e. The summed E-state index contributed by atoms with van der Waals surface area (Å²) in [5.41, 5.74) is 0. The quantitative estimate of drug-likeness (QED) is 0.924. The van der Waals surface area contributed by atoms with Crippen LogP contribution in [-0.4, -0.2) is 8.42 Å². The fourth-order valence-corrected chi connectivity index (χ4v) is 4.67. The van der Waals surface area contributed by atoms with Crippen molar-refractivity contribution in [1.29, 1.82) is 0 Å². The van der Waals surface area contributed by atoms with Crippen LogP contribution < -0.4 is 5.14 Å². The topological polar surface area (TPSA) is 60.2 Å². The van der Waals surface area contributed by atoms with Crippen molar-refractivity contribution >= 4 is 49.1 Å². The van der Waals surface area contributed by atoms with E-state index in [1.54, 1.807) is 6.07 Å². The minimum atomic E-state index is -3.59. The molecule has 2 aromatic rings. The van der Waals surface area contributed by atoms with E-state index in [1.165, 1.54) is 29.2 Å². The van der Waals surface area contributed by atoms with Crippen molar-refractivity contribution in [3.05, 3.63) is 40.9 Å². The van der Waals surface area contributed by atoms with Crippen molar-refractivity contribution < 1.29 is 8.42 Å². The number of rotatable bonds is 3. The van der Waals surface area contributed by atoms with Gasteiger partial charge in [-0.3, -0.25) is 0 Å². The molecule has 17 heavy (non-hydrogen) atoms. The summed E-state index contributed by atoms with van der Waals surface area (Å²) in [5, 5.41) is 5.06. The molecular formula is C10H8BrNO2S3. The number of sulfonamides is 1. The highest BCUT2D eigenvalue weighted by molar-refractivity contribution is 9.10. The van der Waals surface area contributed by atoms with E-state index < -0.39 is 10.0 Å². The molecule has 2 N–H and O–H groups in total.